The summed E-state index contributed by atoms with van der Waals surface area (Å²) >= 11 is 0. The normalized spacial score (nSPS) is 13.8. The maximum atomic E-state index is 13.0. The lowest BCUT2D eigenvalue weighted by Crippen LogP contribution is -2.44. The average molecular weight is 573 g/mol. The number of hydrogen-bond donors (Lipinski definition) is 3. The zero-order chi connectivity index (χ0) is 29.8. The number of para-hydroxylation sites is 1. The van der Waals surface area contributed by atoms with Crippen LogP contribution in [-0.2, 0) is 16.0 Å². The summed E-state index contributed by atoms with van der Waals surface area (Å²) in [6.07, 6.45) is 3.37. The minimum Gasteiger partial charge on any atom is -0.493 e. The molecule has 1 aliphatic rings. The lowest BCUT2D eigenvalue weighted by atomic mass is 10.1. The Hall–Kier alpha value is -5.45. The summed E-state index contributed by atoms with van der Waals surface area (Å²) in [5.41, 5.74) is 2.51. The van der Waals surface area contributed by atoms with Gasteiger partial charge in [-0.15, -0.1) is 0 Å². The highest BCUT2D eigenvalue weighted by Crippen LogP contribution is 2.42. The summed E-state index contributed by atoms with van der Waals surface area (Å²) in [5, 5.41) is 13.1. The van der Waals surface area contributed by atoms with E-state index in [2.05, 4.69) is 10.3 Å². The number of carboxylic acids is 1. The molecule has 3 N–H and O–H groups in total. The Morgan fingerprint density at radius 3 is 2.55 bits per heavy atom. The van der Waals surface area contributed by atoms with Crippen molar-refractivity contribution in [3.8, 4) is 28.7 Å². The van der Waals surface area contributed by atoms with Gasteiger partial charge >= 0.3 is 5.97 Å². The molecule has 1 amide bonds. The molecular weight excluding hydrogens is 544 g/mol. The van der Waals surface area contributed by atoms with Gasteiger partial charge in [0.2, 0.25) is 11.5 Å². The van der Waals surface area contributed by atoms with E-state index in [1.54, 1.807) is 18.3 Å². The minimum atomic E-state index is -1.16. The number of amides is 1. The van der Waals surface area contributed by atoms with Gasteiger partial charge < -0.3 is 39.1 Å². The number of allylic oxidation sites excluding steroid dienone is 1. The quantitative estimate of drug-likeness (QED) is 0.227. The summed E-state index contributed by atoms with van der Waals surface area (Å²) in [4.78, 5) is 40.6. The number of H-pyrrole nitrogens is 1. The summed E-state index contributed by atoms with van der Waals surface area (Å²) in [5.74, 6) is -0.313. The van der Waals surface area contributed by atoms with Crippen LogP contribution in [0.15, 0.2) is 66.6 Å². The first kappa shape index (κ1) is 28.1. The molecule has 216 valence electrons. The number of ether oxygens (including phenoxy) is 5. The Labute approximate surface area is 240 Å². The van der Waals surface area contributed by atoms with Crippen LogP contribution in [0.3, 0.4) is 0 Å². The molecule has 0 bridgehead atoms. The number of aromatic amines is 1. The van der Waals surface area contributed by atoms with Gasteiger partial charge in [0.25, 0.3) is 5.91 Å². The highest BCUT2D eigenvalue weighted by Gasteiger charge is 2.29. The second-order valence-corrected chi connectivity index (χ2v) is 9.33. The molecule has 1 aliphatic heterocycles. The number of nitrogens with one attached hydrogen (secondary N) is 2. The van der Waals surface area contributed by atoms with Crippen molar-refractivity contribution in [3.05, 3.63) is 83.2 Å². The first-order chi connectivity index (χ1) is 20.3. The van der Waals surface area contributed by atoms with E-state index in [0.29, 0.717) is 28.4 Å². The molecule has 0 saturated heterocycles. The van der Waals surface area contributed by atoms with E-state index in [4.69, 9.17) is 23.7 Å². The van der Waals surface area contributed by atoms with Gasteiger partial charge in [0, 0.05) is 35.2 Å². The van der Waals surface area contributed by atoms with Crippen LogP contribution in [-0.4, -0.2) is 61.7 Å². The van der Waals surface area contributed by atoms with Crippen LogP contribution in [0.4, 0.5) is 0 Å². The number of Topliss-reactive ketones (excluding diaryl/α,β-unsaturated/α-hetero) is 1. The predicted molar refractivity (Wildman–Crippen MR) is 153 cm³/mol. The topological polar surface area (TPSA) is 145 Å². The fourth-order valence-corrected chi connectivity index (χ4v) is 4.74. The highest BCUT2D eigenvalue weighted by molar-refractivity contribution is 6.14. The Morgan fingerprint density at radius 1 is 1.02 bits per heavy atom. The summed E-state index contributed by atoms with van der Waals surface area (Å²) in [6.45, 7) is -0.435. The third kappa shape index (κ3) is 5.57. The Bertz CT molecular complexity index is 1710. The van der Waals surface area contributed by atoms with Gasteiger partial charge in [-0.1, -0.05) is 18.2 Å². The number of hydrogen-bond acceptors (Lipinski definition) is 8. The number of carboxylic acid groups (broad SMARTS) is 1. The van der Waals surface area contributed by atoms with Crippen molar-refractivity contribution < 1.29 is 43.2 Å². The first-order valence-electron chi connectivity index (χ1n) is 12.9. The molecule has 0 spiro atoms. The number of ketones is 1. The molecule has 2 heterocycles. The van der Waals surface area contributed by atoms with Crippen LogP contribution < -0.4 is 29.0 Å². The number of aliphatic carboxylic acids is 1. The van der Waals surface area contributed by atoms with Crippen LogP contribution >= 0.6 is 0 Å². The average Bonchev–Trinajstić information content (AvgIpc) is 3.55. The number of aromatic nitrogens is 1. The maximum Gasteiger partial charge on any atom is 0.326 e. The van der Waals surface area contributed by atoms with Gasteiger partial charge in [0.15, 0.2) is 23.9 Å². The van der Waals surface area contributed by atoms with Crippen molar-refractivity contribution in [2.24, 2.45) is 0 Å². The number of rotatable bonds is 11. The Kier molecular flexibility index (Phi) is 8.00. The molecule has 11 heteroatoms. The molecule has 0 saturated carbocycles. The molecule has 5 rings (SSSR count). The van der Waals surface area contributed by atoms with Gasteiger partial charge in [0.1, 0.15) is 17.5 Å². The fraction of sp³-hybridized carbons (Fsp3) is 0.194. The van der Waals surface area contributed by atoms with E-state index >= 15 is 0 Å². The smallest absolute Gasteiger partial charge is 0.326 e. The van der Waals surface area contributed by atoms with Crippen molar-refractivity contribution in [1.29, 1.82) is 0 Å². The third-order valence-electron chi connectivity index (χ3n) is 6.76. The molecular formula is C31H28N2O9. The Morgan fingerprint density at radius 2 is 1.81 bits per heavy atom. The van der Waals surface area contributed by atoms with Crippen molar-refractivity contribution in [3.63, 3.8) is 0 Å². The van der Waals surface area contributed by atoms with Gasteiger partial charge in [0.05, 0.1) is 26.9 Å². The van der Waals surface area contributed by atoms with Crippen LogP contribution in [0.25, 0.3) is 17.0 Å². The third-order valence-corrected chi connectivity index (χ3v) is 6.76. The molecule has 4 aromatic rings. The van der Waals surface area contributed by atoms with Gasteiger partial charge in [-0.2, -0.15) is 0 Å². The van der Waals surface area contributed by atoms with Crippen molar-refractivity contribution in [2.75, 3.05) is 27.9 Å². The number of benzene rings is 3. The van der Waals surface area contributed by atoms with E-state index in [1.807, 2.05) is 24.3 Å². The second kappa shape index (κ2) is 12.0. The van der Waals surface area contributed by atoms with Crippen molar-refractivity contribution in [2.45, 2.75) is 12.5 Å². The summed E-state index contributed by atoms with van der Waals surface area (Å²) in [6, 6.07) is 14.3. The van der Waals surface area contributed by atoms with Crippen LogP contribution in [0.5, 0.6) is 28.7 Å². The van der Waals surface area contributed by atoms with E-state index < -0.39 is 24.5 Å². The van der Waals surface area contributed by atoms with E-state index in [0.717, 1.165) is 16.5 Å². The number of methoxy groups -OCH3 is 3. The summed E-state index contributed by atoms with van der Waals surface area (Å²) < 4.78 is 27.6. The zero-order valence-corrected chi connectivity index (χ0v) is 23.1. The molecule has 1 atom stereocenters. The number of carbonyl (C=O) groups is 3. The standard InChI is InChI=1S/C31H28N2O9/c1-38-24-11-8-17(29(39-2)30(24)40-3)13-26-28(35)21-10-9-19(14-25(21)42-26)41-16-27(34)33-23(31(36)37)12-18-15-32-22-7-5-4-6-20(18)22/h4-11,13-15,23,32H,12,16H2,1-3H3,(H,33,34)(H,36,37)/b26-13-/t23-/m1/s1. The van der Waals surface area contributed by atoms with Crippen LogP contribution in [0.2, 0.25) is 0 Å². The molecule has 3 aromatic carbocycles. The fourth-order valence-electron chi connectivity index (χ4n) is 4.74. The first-order valence-corrected chi connectivity index (χ1v) is 12.9. The molecule has 0 unspecified atom stereocenters. The Balaban J connectivity index is 1.25. The van der Waals surface area contributed by atoms with E-state index in [9.17, 15) is 19.5 Å². The number of carbonyl (C=O) groups excluding carboxylic acids is 2. The monoisotopic (exact) mass is 572 g/mol. The number of fused-ring (bicyclic) bond motifs is 2. The molecule has 0 fully saturated rings. The lowest BCUT2D eigenvalue weighted by molar-refractivity contribution is -0.142. The van der Waals surface area contributed by atoms with Crippen molar-refractivity contribution in [1.82, 2.24) is 10.3 Å². The largest absolute Gasteiger partial charge is 0.493 e. The van der Waals surface area contributed by atoms with Gasteiger partial charge in [-0.25, -0.2) is 4.79 Å². The van der Waals surface area contributed by atoms with Crippen LogP contribution in [0, 0.1) is 0 Å². The minimum absolute atomic E-state index is 0.0620. The highest BCUT2D eigenvalue weighted by atomic mass is 16.5. The van der Waals surface area contributed by atoms with Gasteiger partial charge in [-0.05, 0) is 42.0 Å². The SMILES string of the molecule is COc1ccc(/C=C2\Oc3cc(OCC(=O)N[C@H](Cc4c[nH]c5ccccc45)C(=O)O)ccc3C2=O)c(OC)c1OC. The maximum absolute atomic E-state index is 13.0. The molecule has 11 nitrogen and oxygen atoms in total. The predicted octanol–water partition coefficient (Wildman–Crippen LogP) is 4.00. The second-order valence-electron chi connectivity index (χ2n) is 9.33. The van der Waals surface area contributed by atoms with Crippen molar-refractivity contribution >= 4 is 34.6 Å². The molecule has 42 heavy (non-hydrogen) atoms. The zero-order valence-electron chi connectivity index (χ0n) is 23.1. The molecule has 0 radical (unpaired) electrons. The molecule has 0 aliphatic carbocycles. The summed E-state index contributed by atoms with van der Waals surface area (Å²) in [7, 11) is 4.47. The van der Waals surface area contributed by atoms with Crippen LogP contribution in [0.1, 0.15) is 21.5 Å². The van der Waals surface area contributed by atoms with E-state index in [1.165, 1.54) is 45.6 Å². The molecule has 1 aromatic heterocycles. The van der Waals surface area contributed by atoms with E-state index in [-0.39, 0.29) is 29.5 Å². The van der Waals surface area contributed by atoms with Gasteiger partial charge in [-0.3, -0.25) is 9.59 Å². The lowest BCUT2D eigenvalue weighted by Gasteiger charge is -2.15.